The molecule has 3 atom stereocenters. The smallest absolute Gasteiger partial charge is 0.411 e. The first-order chi connectivity index (χ1) is 15.0. The quantitative estimate of drug-likeness (QED) is 0.705. The van der Waals surface area contributed by atoms with E-state index in [1.807, 2.05) is 32.0 Å². The van der Waals surface area contributed by atoms with Crippen molar-refractivity contribution in [3.63, 3.8) is 0 Å². The Kier molecular flexibility index (Phi) is 7.09. The summed E-state index contributed by atoms with van der Waals surface area (Å²) in [6.07, 6.45) is -1.22. The highest BCUT2D eigenvalue weighted by atomic mass is 32.1. The normalized spacial score (nSPS) is 19.5. The fraction of sp³-hybridized carbons (Fsp3) is 0.522. The number of likely N-dealkylation sites (tertiary alicyclic amines) is 1. The highest BCUT2D eigenvalue weighted by Gasteiger charge is 2.41. The summed E-state index contributed by atoms with van der Waals surface area (Å²) >= 11 is 1.56. The number of β-amino-alcohol motifs (C(OH)–C–C–N with tert-alkyl or cyclic N) is 1. The third kappa shape index (κ3) is 5.39. The van der Waals surface area contributed by atoms with E-state index in [-0.39, 0.29) is 24.9 Å². The van der Waals surface area contributed by atoms with E-state index in [0.29, 0.717) is 5.75 Å². The highest BCUT2D eigenvalue weighted by molar-refractivity contribution is 7.13. The molecular formula is C23H31N3O5S. The van der Waals surface area contributed by atoms with E-state index in [9.17, 15) is 14.7 Å². The molecule has 0 spiro atoms. The summed E-state index contributed by atoms with van der Waals surface area (Å²) < 4.78 is 11.0. The first-order valence-corrected chi connectivity index (χ1v) is 11.4. The van der Waals surface area contributed by atoms with Crippen LogP contribution in [0.5, 0.6) is 5.75 Å². The molecule has 1 aromatic heterocycles. The summed E-state index contributed by atoms with van der Waals surface area (Å²) in [7, 11) is 1.59. The van der Waals surface area contributed by atoms with Gasteiger partial charge in [-0.15, -0.1) is 11.3 Å². The maximum atomic E-state index is 13.0. The van der Waals surface area contributed by atoms with Gasteiger partial charge in [-0.05, 0) is 46.2 Å². The zero-order valence-electron chi connectivity index (χ0n) is 19.3. The molecule has 9 heteroatoms. The van der Waals surface area contributed by atoms with E-state index in [2.05, 4.69) is 10.3 Å². The van der Waals surface area contributed by atoms with Crippen LogP contribution >= 0.6 is 11.3 Å². The molecule has 2 N–H and O–H groups in total. The van der Waals surface area contributed by atoms with Crippen LogP contribution in [0.25, 0.3) is 10.4 Å². The van der Waals surface area contributed by atoms with Gasteiger partial charge in [-0.3, -0.25) is 9.69 Å². The molecule has 8 nitrogen and oxygen atoms in total. The SMILES string of the molecule is COc1cc(-c2scnc2C)ccc1[C@H](C)NC(=O)[C@@H]1C[C@@H](O)CN1C(=O)OC(C)(C)C. The molecule has 0 unspecified atom stereocenters. The number of carbonyl (C=O) groups excluding carboxylic acids is 2. The van der Waals surface area contributed by atoms with Crippen LogP contribution in [0, 0.1) is 6.92 Å². The zero-order chi connectivity index (χ0) is 23.6. The average Bonchev–Trinajstić information content (AvgIpc) is 3.31. The van der Waals surface area contributed by atoms with Gasteiger partial charge in [0.15, 0.2) is 0 Å². The number of amides is 2. The maximum Gasteiger partial charge on any atom is 0.411 e. The number of benzene rings is 1. The van der Waals surface area contributed by atoms with Gasteiger partial charge in [0.05, 0.1) is 41.9 Å². The third-order valence-electron chi connectivity index (χ3n) is 5.28. The lowest BCUT2D eigenvalue weighted by Crippen LogP contribution is -2.48. The standard InChI is InChI=1S/C23H31N3O5S/c1-13(17-8-7-15(9-19(17)30-6)20-14(2)24-12-32-20)25-21(28)18-10-16(27)11-26(18)22(29)31-23(3,4)5/h7-9,12-13,16,18,27H,10-11H2,1-6H3,(H,25,28)/t13-,16+,18-/m0/s1. The molecule has 174 valence electrons. The molecule has 1 aromatic carbocycles. The molecule has 2 aromatic rings. The summed E-state index contributed by atoms with van der Waals surface area (Å²) in [5.74, 6) is 0.308. The van der Waals surface area contributed by atoms with Crippen molar-refractivity contribution in [2.45, 2.75) is 64.8 Å². The van der Waals surface area contributed by atoms with Gasteiger partial charge in [0.25, 0.3) is 0 Å². The first kappa shape index (κ1) is 24.0. The van der Waals surface area contributed by atoms with Crippen LogP contribution in [0.15, 0.2) is 23.7 Å². The Morgan fingerprint density at radius 3 is 2.66 bits per heavy atom. The lowest BCUT2D eigenvalue weighted by Gasteiger charge is -2.28. The number of aliphatic hydroxyl groups is 1. The largest absolute Gasteiger partial charge is 0.496 e. The molecule has 2 heterocycles. The van der Waals surface area contributed by atoms with E-state index in [4.69, 9.17) is 9.47 Å². The van der Waals surface area contributed by atoms with Crippen molar-refractivity contribution in [1.82, 2.24) is 15.2 Å². The predicted molar refractivity (Wildman–Crippen MR) is 123 cm³/mol. The fourth-order valence-corrected chi connectivity index (χ4v) is 4.56. The van der Waals surface area contributed by atoms with Crippen LogP contribution in [0.3, 0.4) is 0 Å². The van der Waals surface area contributed by atoms with Crippen molar-refractivity contribution < 1.29 is 24.2 Å². The number of rotatable bonds is 5. The second-order valence-corrected chi connectivity index (χ2v) is 9.85. The van der Waals surface area contributed by atoms with Crippen LogP contribution in [-0.2, 0) is 9.53 Å². The lowest BCUT2D eigenvalue weighted by atomic mass is 10.0. The Bertz CT molecular complexity index is 984. The minimum Gasteiger partial charge on any atom is -0.496 e. The minimum atomic E-state index is -0.799. The Morgan fingerprint density at radius 2 is 2.06 bits per heavy atom. The fourth-order valence-electron chi connectivity index (χ4n) is 3.76. The van der Waals surface area contributed by atoms with Crippen molar-refractivity contribution in [3.8, 4) is 16.2 Å². The lowest BCUT2D eigenvalue weighted by molar-refractivity contribution is -0.126. The number of ether oxygens (including phenoxy) is 2. The summed E-state index contributed by atoms with van der Waals surface area (Å²) in [5, 5.41) is 13.0. The topological polar surface area (TPSA) is 101 Å². The first-order valence-electron chi connectivity index (χ1n) is 10.6. The van der Waals surface area contributed by atoms with Gasteiger partial charge in [-0.1, -0.05) is 12.1 Å². The second kappa shape index (κ2) is 9.46. The monoisotopic (exact) mass is 461 g/mol. The van der Waals surface area contributed by atoms with Crippen molar-refractivity contribution in [3.05, 3.63) is 35.0 Å². The van der Waals surface area contributed by atoms with Gasteiger partial charge < -0.3 is 19.9 Å². The molecule has 0 saturated carbocycles. The van der Waals surface area contributed by atoms with Gasteiger partial charge in [0.2, 0.25) is 5.91 Å². The molecule has 3 rings (SSSR count). The number of thiazole rings is 1. The van der Waals surface area contributed by atoms with E-state index >= 15 is 0 Å². The van der Waals surface area contributed by atoms with Crippen LogP contribution in [0.1, 0.15) is 51.4 Å². The Labute approximate surface area is 192 Å². The Balaban J connectivity index is 1.75. The number of hydrogen-bond donors (Lipinski definition) is 2. The van der Waals surface area contributed by atoms with Crippen LogP contribution in [0.4, 0.5) is 4.79 Å². The summed E-state index contributed by atoms with van der Waals surface area (Å²) in [6, 6.07) is 4.67. The van der Waals surface area contributed by atoms with Crippen molar-refractivity contribution in [2.24, 2.45) is 0 Å². The number of methoxy groups -OCH3 is 1. The minimum absolute atomic E-state index is 0.0631. The number of nitrogens with one attached hydrogen (secondary N) is 1. The third-order valence-corrected chi connectivity index (χ3v) is 6.25. The van der Waals surface area contributed by atoms with Crippen LogP contribution < -0.4 is 10.1 Å². The molecule has 0 aliphatic carbocycles. The Morgan fingerprint density at radius 1 is 1.34 bits per heavy atom. The molecule has 2 amide bonds. The average molecular weight is 462 g/mol. The molecule has 1 saturated heterocycles. The Hall–Kier alpha value is -2.65. The predicted octanol–water partition coefficient (Wildman–Crippen LogP) is 3.67. The van der Waals surface area contributed by atoms with Crippen LogP contribution in [-0.4, -0.2) is 58.4 Å². The highest BCUT2D eigenvalue weighted by Crippen LogP contribution is 2.34. The second-order valence-electron chi connectivity index (χ2n) is 8.99. The van der Waals surface area contributed by atoms with Crippen molar-refractivity contribution >= 4 is 23.3 Å². The maximum absolute atomic E-state index is 13.0. The van der Waals surface area contributed by atoms with Gasteiger partial charge in [-0.25, -0.2) is 9.78 Å². The number of hydrogen-bond acceptors (Lipinski definition) is 7. The number of aromatic nitrogens is 1. The van der Waals surface area contributed by atoms with Crippen molar-refractivity contribution in [2.75, 3.05) is 13.7 Å². The molecular weight excluding hydrogens is 430 g/mol. The van der Waals surface area contributed by atoms with Gasteiger partial charge in [-0.2, -0.15) is 0 Å². The molecule has 0 bridgehead atoms. The zero-order valence-corrected chi connectivity index (χ0v) is 20.2. The molecule has 1 fully saturated rings. The molecule has 1 aliphatic heterocycles. The molecule has 0 radical (unpaired) electrons. The number of carbonyl (C=O) groups is 2. The molecule has 32 heavy (non-hydrogen) atoms. The number of aryl methyl sites for hydroxylation is 1. The van der Waals surface area contributed by atoms with E-state index in [0.717, 1.165) is 21.7 Å². The van der Waals surface area contributed by atoms with E-state index in [1.54, 1.807) is 44.7 Å². The van der Waals surface area contributed by atoms with E-state index < -0.39 is 23.8 Å². The van der Waals surface area contributed by atoms with Gasteiger partial charge in [0, 0.05) is 12.0 Å². The molecule has 1 aliphatic rings. The van der Waals surface area contributed by atoms with Gasteiger partial charge >= 0.3 is 6.09 Å². The van der Waals surface area contributed by atoms with Crippen molar-refractivity contribution in [1.29, 1.82) is 0 Å². The summed E-state index contributed by atoms with van der Waals surface area (Å²) in [5.41, 5.74) is 3.88. The summed E-state index contributed by atoms with van der Waals surface area (Å²) in [4.78, 5) is 32.2. The number of aliphatic hydroxyl groups excluding tert-OH is 1. The van der Waals surface area contributed by atoms with E-state index in [1.165, 1.54) is 4.90 Å². The summed E-state index contributed by atoms with van der Waals surface area (Å²) in [6.45, 7) is 9.17. The number of nitrogens with zero attached hydrogens (tertiary/aromatic N) is 2. The van der Waals surface area contributed by atoms with Gasteiger partial charge in [0.1, 0.15) is 17.4 Å². The van der Waals surface area contributed by atoms with Crippen LogP contribution in [0.2, 0.25) is 0 Å².